The van der Waals surface area contributed by atoms with Crippen LogP contribution in [0.5, 0.6) is 11.5 Å². The maximum Gasteiger partial charge on any atom is 0.161 e. The SMILES string of the molecule is CCNCc1ccc(OCCCOCC)c(OCC)c1. The van der Waals surface area contributed by atoms with Crippen LogP contribution in [0.15, 0.2) is 18.2 Å². The second kappa shape index (κ2) is 10.5. The minimum Gasteiger partial charge on any atom is -0.490 e. The summed E-state index contributed by atoms with van der Waals surface area (Å²) in [6.45, 7) is 10.7. The van der Waals surface area contributed by atoms with Gasteiger partial charge in [0.25, 0.3) is 0 Å². The lowest BCUT2D eigenvalue weighted by atomic mass is 10.2. The highest BCUT2D eigenvalue weighted by molar-refractivity contribution is 5.43. The van der Waals surface area contributed by atoms with E-state index in [0.717, 1.165) is 44.2 Å². The van der Waals surface area contributed by atoms with Crippen molar-refractivity contribution in [1.29, 1.82) is 0 Å². The van der Waals surface area contributed by atoms with Crippen LogP contribution >= 0.6 is 0 Å². The number of ether oxygens (including phenoxy) is 3. The van der Waals surface area contributed by atoms with Crippen LogP contribution in [-0.4, -0.2) is 33.0 Å². The minimum atomic E-state index is 0.639. The number of nitrogens with one attached hydrogen (secondary N) is 1. The Morgan fingerprint density at radius 1 is 0.950 bits per heavy atom. The van der Waals surface area contributed by atoms with Crippen LogP contribution in [0, 0.1) is 0 Å². The first kappa shape index (κ1) is 16.8. The summed E-state index contributed by atoms with van der Waals surface area (Å²) in [5.41, 5.74) is 1.21. The molecule has 0 amide bonds. The molecule has 0 heterocycles. The van der Waals surface area contributed by atoms with E-state index >= 15 is 0 Å². The summed E-state index contributed by atoms with van der Waals surface area (Å²) in [6, 6.07) is 6.10. The van der Waals surface area contributed by atoms with Gasteiger partial charge in [0, 0.05) is 26.2 Å². The minimum absolute atomic E-state index is 0.639. The Hall–Kier alpha value is -1.26. The van der Waals surface area contributed by atoms with E-state index in [1.165, 1.54) is 5.56 Å². The Labute approximate surface area is 122 Å². The van der Waals surface area contributed by atoms with Crippen molar-refractivity contribution >= 4 is 0 Å². The highest BCUT2D eigenvalue weighted by Gasteiger charge is 2.06. The zero-order chi connectivity index (χ0) is 14.6. The van der Waals surface area contributed by atoms with Gasteiger partial charge in [-0.05, 0) is 38.1 Å². The zero-order valence-corrected chi connectivity index (χ0v) is 12.9. The molecule has 1 rings (SSSR count). The monoisotopic (exact) mass is 281 g/mol. The van der Waals surface area contributed by atoms with Gasteiger partial charge in [-0.2, -0.15) is 0 Å². The van der Waals surface area contributed by atoms with Crippen molar-refractivity contribution < 1.29 is 14.2 Å². The molecule has 1 aromatic rings. The molecule has 0 fully saturated rings. The normalized spacial score (nSPS) is 10.6. The van der Waals surface area contributed by atoms with Crippen molar-refractivity contribution in [1.82, 2.24) is 5.32 Å². The van der Waals surface area contributed by atoms with Crippen LogP contribution < -0.4 is 14.8 Å². The lowest BCUT2D eigenvalue weighted by Gasteiger charge is -2.13. The predicted molar refractivity (Wildman–Crippen MR) is 81.6 cm³/mol. The number of hydrogen-bond acceptors (Lipinski definition) is 4. The van der Waals surface area contributed by atoms with Gasteiger partial charge in [-0.1, -0.05) is 13.0 Å². The first-order valence-electron chi connectivity index (χ1n) is 7.48. The summed E-state index contributed by atoms with van der Waals surface area (Å²) in [4.78, 5) is 0. The maximum atomic E-state index is 5.77. The molecule has 0 aromatic heterocycles. The fraction of sp³-hybridized carbons (Fsp3) is 0.625. The Morgan fingerprint density at radius 2 is 1.80 bits per heavy atom. The van der Waals surface area contributed by atoms with Crippen molar-refractivity contribution in [3.05, 3.63) is 23.8 Å². The summed E-state index contributed by atoms with van der Waals surface area (Å²) >= 11 is 0. The second-order valence-corrected chi connectivity index (χ2v) is 4.39. The van der Waals surface area contributed by atoms with Gasteiger partial charge >= 0.3 is 0 Å². The summed E-state index contributed by atoms with van der Waals surface area (Å²) < 4.78 is 16.7. The van der Waals surface area contributed by atoms with Crippen molar-refractivity contribution in [2.45, 2.75) is 33.7 Å². The number of hydrogen-bond donors (Lipinski definition) is 1. The van der Waals surface area contributed by atoms with E-state index in [1.807, 2.05) is 26.0 Å². The van der Waals surface area contributed by atoms with Gasteiger partial charge in [0.15, 0.2) is 11.5 Å². The average molecular weight is 281 g/mol. The Bertz CT molecular complexity index is 369. The molecule has 0 aliphatic heterocycles. The smallest absolute Gasteiger partial charge is 0.161 e. The highest BCUT2D eigenvalue weighted by Crippen LogP contribution is 2.28. The van der Waals surface area contributed by atoms with E-state index in [9.17, 15) is 0 Å². The third-order valence-electron chi connectivity index (χ3n) is 2.78. The summed E-state index contributed by atoms with van der Waals surface area (Å²) in [5, 5.41) is 3.31. The van der Waals surface area contributed by atoms with Crippen molar-refractivity contribution in [3.63, 3.8) is 0 Å². The number of benzene rings is 1. The van der Waals surface area contributed by atoms with Crippen molar-refractivity contribution in [2.24, 2.45) is 0 Å². The predicted octanol–water partition coefficient (Wildman–Crippen LogP) is 3.00. The van der Waals surface area contributed by atoms with Crippen LogP contribution in [0.1, 0.15) is 32.8 Å². The molecule has 0 unspecified atom stereocenters. The Balaban J connectivity index is 2.54. The largest absolute Gasteiger partial charge is 0.490 e. The van der Waals surface area contributed by atoms with Crippen LogP contribution in [0.2, 0.25) is 0 Å². The topological polar surface area (TPSA) is 39.7 Å². The van der Waals surface area contributed by atoms with Gasteiger partial charge in [-0.15, -0.1) is 0 Å². The lowest BCUT2D eigenvalue weighted by molar-refractivity contribution is 0.130. The molecule has 0 aliphatic carbocycles. The summed E-state index contributed by atoms with van der Waals surface area (Å²) in [6.07, 6.45) is 0.887. The maximum absolute atomic E-state index is 5.77. The molecular formula is C16H27NO3. The van der Waals surface area contributed by atoms with E-state index < -0.39 is 0 Å². The molecule has 0 saturated heterocycles. The van der Waals surface area contributed by atoms with E-state index in [1.54, 1.807) is 0 Å². The Morgan fingerprint density at radius 3 is 2.50 bits per heavy atom. The van der Waals surface area contributed by atoms with Crippen LogP contribution in [0.3, 0.4) is 0 Å². The first-order chi connectivity index (χ1) is 9.81. The summed E-state index contributed by atoms with van der Waals surface area (Å²) in [7, 11) is 0. The van der Waals surface area contributed by atoms with Crippen LogP contribution in [0.4, 0.5) is 0 Å². The van der Waals surface area contributed by atoms with Gasteiger partial charge in [0.05, 0.1) is 13.2 Å². The molecule has 0 radical (unpaired) electrons. The molecule has 1 N–H and O–H groups in total. The van der Waals surface area contributed by atoms with Crippen LogP contribution in [-0.2, 0) is 11.3 Å². The molecule has 0 bridgehead atoms. The van der Waals surface area contributed by atoms with Gasteiger partial charge in [0.2, 0.25) is 0 Å². The molecule has 0 spiro atoms. The zero-order valence-electron chi connectivity index (χ0n) is 12.9. The van der Waals surface area contributed by atoms with E-state index in [4.69, 9.17) is 14.2 Å². The van der Waals surface area contributed by atoms with E-state index in [-0.39, 0.29) is 0 Å². The van der Waals surface area contributed by atoms with Crippen LogP contribution in [0.25, 0.3) is 0 Å². The van der Waals surface area contributed by atoms with E-state index in [2.05, 4.69) is 18.3 Å². The molecule has 4 heteroatoms. The molecular weight excluding hydrogens is 254 g/mol. The van der Waals surface area contributed by atoms with Gasteiger partial charge in [-0.25, -0.2) is 0 Å². The van der Waals surface area contributed by atoms with Gasteiger partial charge in [0.1, 0.15) is 0 Å². The average Bonchev–Trinajstić information content (AvgIpc) is 2.47. The highest BCUT2D eigenvalue weighted by atomic mass is 16.5. The quantitative estimate of drug-likeness (QED) is 0.633. The van der Waals surface area contributed by atoms with Gasteiger partial charge < -0.3 is 19.5 Å². The Kier molecular flexibility index (Phi) is 8.83. The van der Waals surface area contributed by atoms with Crippen molar-refractivity contribution in [3.8, 4) is 11.5 Å². The fourth-order valence-electron chi connectivity index (χ4n) is 1.81. The molecule has 0 saturated carbocycles. The summed E-state index contributed by atoms with van der Waals surface area (Å²) in [5.74, 6) is 1.63. The first-order valence-corrected chi connectivity index (χ1v) is 7.48. The van der Waals surface area contributed by atoms with Gasteiger partial charge in [-0.3, -0.25) is 0 Å². The standard InChI is InChI=1S/C16H27NO3/c1-4-17-13-14-8-9-15(16(12-14)19-6-3)20-11-7-10-18-5-2/h8-9,12,17H,4-7,10-11,13H2,1-3H3. The van der Waals surface area contributed by atoms with E-state index in [0.29, 0.717) is 13.2 Å². The molecule has 4 nitrogen and oxygen atoms in total. The molecule has 0 atom stereocenters. The third-order valence-corrected chi connectivity index (χ3v) is 2.78. The second-order valence-electron chi connectivity index (χ2n) is 4.39. The molecule has 114 valence electrons. The third kappa shape index (κ3) is 6.26. The number of rotatable bonds is 11. The molecule has 0 aliphatic rings. The molecule has 1 aromatic carbocycles. The van der Waals surface area contributed by atoms with Crippen molar-refractivity contribution in [2.75, 3.05) is 33.0 Å². The molecule has 20 heavy (non-hydrogen) atoms. The fourth-order valence-corrected chi connectivity index (χ4v) is 1.81. The lowest BCUT2D eigenvalue weighted by Crippen LogP contribution is -2.12.